The van der Waals surface area contributed by atoms with Crippen LogP contribution in [0.3, 0.4) is 0 Å². The summed E-state index contributed by atoms with van der Waals surface area (Å²) in [6, 6.07) is 13.0. The predicted molar refractivity (Wildman–Crippen MR) is 116 cm³/mol. The lowest BCUT2D eigenvalue weighted by atomic mass is 10.1. The predicted octanol–water partition coefficient (Wildman–Crippen LogP) is 5.61. The van der Waals surface area contributed by atoms with E-state index < -0.39 is 0 Å². The molecule has 2 heterocycles. The van der Waals surface area contributed by atoms with E-state index in [4.69, 9.17) is 4.74 Å². The standard InChI is InChI=1S/C23H24FN3OS/c1-17-14-26(16-25-17)22-10-7-19(13-23(22)28-2)12-21-4-3-11-27(29-21)15-18-5-8-20(24)9-6-18/h5-10,12-14,16H,3-4,11,15H2,1-2H3/b21-12+. The van der Waals surface area contributed by atoms with Gasteiger partial charge in [0, 0.05) is 24.2 Å². The van der Waals surface area contributed by atoms with E-state index in [2.05, 4.69) is 33.6 Å². The Morgan fingerprint density at radius 2 is 2.03 bits per heavy atom. The van der Waals surface area contributed by atoms with Crippen molar-refractivity contribution in [1.82, 2.24) is 13.9 Å². The number of ether oxygens (including phenoxy) is 1. The number of aryl methyl sites for hydroxylation is 1. The van der Waals surface area contributed by atoms with Gasteiger partial charge in [-0.1, -0.05) is 18.2 Å². The van der Waals surface area contributed by atoms with E-state index in [1.807, 2.05) is 29.8 Å². The second kappa shape index (κ2) is 8.84. The summed E-state index contributed by atoms with van der Waals surface area (Å²) < 4.78 is 23.1. The van der Waals surface area contributed by atoms with Gasteiger partial charge < -0.3 is 9.30 Å². The molecule has 0 bridgehead atoms. The molecule has 1 saturated heterocycles. The zero-order valence-corrected chi connectivity index (χ0v) is 17.5. The number of allylic oxidation sites excluding steroid dienone is 1. The molecule has 0 saturated carbocycles. The quantitative estimate of drug-likeness (QED) is 0.512. The van der Waals surface area contributed by atoms with E-state index in [0.717, 1.165) is 54.2 Å². The summed E-state index contributed by atoms with van der Waals surface area (Å²) >= 11 is 1.79. The fourth-order valence-electron chi connectivity index (χ4n) is 3.43. The molecule has 0 amide bonds. The summed E-state index contributed by atoms with van der Waals surface area (Å²) in [5.41, 5.74) is 4.19. The fraction of sp³-hybridized carbons (Fsp3) is 0.261. The number of halogens is 1. The van der Waals surface area contributed by atoms with Crippen LogP contribution in [0.2, 0.25) is 0 Å². The van der Waals surface area contributed by atoms with Crippen LogP contribution in [0.15, 0.2) is 59.9 Å². The van der Waals surface area contributed by atoms with Gasteiger partial charge in [0.05, 0.1) is 24.8 Å². The van der Waals surface area contributed by atoms with E-state index in [-0.39, 0.29) is 5.82 Å². The fourth-order valence-corrected chi connectivity index (χ4v) is 4.62. The summed E-state index contributed by atoms with van der Waals surface area (Å²) in [5.74, 6) is 0.629. The van der Waals surface area contributed by atoms with Gasteiger partial charge in [0.25, 0.3) is 0 Å². The monoisotopic (exact) mass is 409 g/mol. The van der Waals surface area contributed by atoms with Crippen LogP contribution in [0.1, 0.15) is 29.7 Å². The van der Waals surface area contributed by atoms with Gasteiger partial charge in [-0.25, -0.2) is 13.7 Å². The first-order chi connectivity index (χ1) is 14.1. The molecule has 0 N–H and O–H groups in total. The minimum atomic E-state index is -0.191. The van der Waals surface area contributed by atoms with Crippen LogP contribution in [0.5, 0.6) is 5.75 Å². The zero-order chi connectivity index (χ0) is 20.2. The third-order valence-corrected chi connectivity index (χ3v) is 6.00. The molecule has 1 aliphatic heterocycles. The maximum absolute atomic E-state index is 13.1. The number of methoxy groups -OCH3 is 1. The first-order valence-electron chi connectivity index (χ1n) is 9.67. The van der Waals surface area contributed by atoms with Crippen molar-refractivity contribution < 1.29 is 9.13 Å². The van der Waals surface area contributed by atoms with Crippen LogP contribution in [0.4, 0.5) is 4.39 Å². The van der Waals surface area contributed by atoms with Crippen molar-refractivity contribution in [2.24, 2.45) is 0 Å². The molecule has 4 rings (SSSR count). The van der Waals surface area contributed by atoms with Gasteiger partial charge in [0.2, 0.25) is 0 Å². The molecule has 1 fully saturated rings. The molecule has 1 aromatic heterocycles. The molecule has 4 nitrogen and oxygen atoms in total. The number of hydrogen-bond donors (Lipinski definition) is 0. The van der Waals surface area contributed by atoms with Crippen LogP contribution in [-0.4, -0.2) is 27.5 Å². The number of nitrogens with zero attached hydrogens (tertiary/aromatic N) is 3. The summed E-state index contributed by atoms with van der Waals surface area (Å²) in [6.07, 6.45) is 8.20. The third kappa shape index (κ3) is 4.89. The molecule has 1 aliphatic rings. The summed E-state index contributed by atoms with van der Waals surface area (Å²) in [6.45, 7) is 3.81. The maximum atomic E-state index is 13.1. The largest absolute Gasteiger partial charge is 0.495 e. The minimum absolute atomic E-state index is 0.191. The third-order valence-electron chi connectivity index (χ3n) is 4.87. The highest BCUT2D eigenvalue weighted by atomic mass is 32.2. The van der Waals surface area contributed by atoms with Gasteiger partial charge in [-0.05, 0) is 73.2 Å². The highest BCUT2D eigenvalue weighted by Crippen LogP contribution is 2.35. The molecule has 0 atom stereocenters. The first-order valence-corrected chi connectivity index (χ1v) is 10.4. The van der Waals surface area contributed by atoms with Crippen molar-refractivity contribution in [3.8, 4) is 11.4 Å². The molecular formula is C23H24FN3OS. The molecular weight excluding hydrogens is 385 g/mol. The van der Waals surface area contributed by atoms with Gasteiger partial charge in [0.15, 0.2) is 0 Å². The minimum Gasteiger partial charge on any atom is -0.495 e. The number of rotatable bonds is 5. The summed E-state index contributed by atoms with van der Waals surface area (Å²) in [7, 11) is 1.69. The van der Waals surface area contributed by atoms with Gasteiger partial charge in [-0.15, -0.1) is 0 Å². The Bertz CT molecular complexity index is 1010. The maximum Gasteiger partial charge on any atom is 0.143 e. The van der Waals surface area contributed by atoms with Crippen molar-refractivity contribution >= 4 is 18.0 Å². The number of hydrogen-bond acceptors (Lipinski definition) is 4. The average molecular weight is 410 g/mol. The lowest BCUT2D eigenvalue weighted by Crippen LogP contribution is -2.20. The SMILES string of the molecule is COc1cc(/C=C2\CCCN(Cc3ccc(F)cc3)S2)ccc1-n1cnc(C)c1. The first kappa shape index (κ1) is 19.7. The molecule has 0 radical (unpaired) electrons. The van der Waals surface area contributed by atoms with E-state index in [1.54, 1.807) is 25.4 Å². The average Bonchev–Trinajstić information content (AvgIpc) is 3.16. The molecule has 3 aromatic rings. The second-order valence-electron chi connectivity index (χ2n) is 7.15. The number of benzene rings is 2. The Labute approximate surface area is 175 Å². The lowest BCUT2D eigenvalue weighted by molar-refractivity contribution is 0.413. The lowest BCUT2D eigenvalue weighted by Gasteiger charge is -2.27. The zero-order valence-electron chi connectivity index (χ0n) is 16.6. The van der Waals surface area contributed by atoms with Gasteiger partial charge >= 0.3 is 0 Å². The smallest absolute Gasteiger partial charge is 0.143 e. The molecule has 2 aromatic carbocycles. The van der Waals surface area contributed by atoms with Crippen LogP contribution < -0.4 is 4.74 Å². The Morgan fingerprint density at radius 1 is 1.21 bits per heavy atom. The van der Waals surface area contributed by atoms with Crippen LogP contribution in [-0.2, 0) is 6.54 Å². The summed E-state index contributed by atoms with van der Waals surface area (Å²) in [4.78, 5) is 5.62. The summed E-state index contributed by atoms with van der Waals surface area (Å²) in [5, 5.41) is 0. The van der Waals surface area contributed by atoms with Crippen LogP contribution in [0, 0.1) is 12.7 Å². The molecule has 0 aliphatic carbocycles. The molecule has 0 spiro atoms. The normalized spacial score (nSPS) is 16.3. The Kier molecular flexibility index (Phi) is 6.02. The Morgan fingerprint density at radius 3 is 2.76 bits per heavy atom. The van der Waals surface area contributed by atoms with E-state index in [0.29, 0.717) is 0 Å². The van der Waals surface area contributed by atoms with Crippen molar-refractivity contribution in [2.45, 2.75) is 26.3 Å². The number of imidazole rings is 1. The van der Waals surface area contributed by atoms with Crippen molar-refractivity contribution in [2.75, 3.05) is 13.7 Å². The highest BCUT2D eigenvalue weighted by molar-refractivity contribution is 8.01. The van der Waals surface area contributed by atoms with Crippen LogP contribution in [0.25, 0.3) is 11.8 Å². The van der Waals surface area contributed by atoms with Crippen molar-refractivity contribution in [3.05, 3.63) is 82.5 Å². The van der Waals surface area contributed by atoms with Gasteiger partial charge in [-0.3, -0.25) is 0 Å². The van der Waals surface area contributed by atoms with Crippen molar-refractivity contribution in [3.63, 3.8) is 0 Å². The second-order valence-corrected chi connectivity index (χ2v) is 8.37. The van der Waals surface area contributed by atoms with E-state index in [9.17, 15) is 4.39 Å². The topological polar surface area (TPSA) is 30.3 Å². The highest BCUT2D eigenvalue weighted by Gasteiger charge is 2.16. The number of aromatic nitrogens is 2. The van der Waals surface area contributed by atoms with E-state index >= 15 is 0 Å². The van der Waals surface area contributed by atoms with Crippen LogP contribution >= 0.6 is 11.9 Å². The molecule has 6 heteroatoms. The van der Waals surface area contributed by atoms with Gasteiger partial charge in [-0.2, -0.15) is 0 Å². The Hall–Kier alpha value is -2.57. The van der Waals surface area contributed by atoms with E-state index in [1.165, 1.54) is 17.0 Å². The van der Waals surface area contributed by atoms with Gasteiger partial charge in [0.1, 0.15) is 11.6 Å². The molecule has 150 valence electrons. The molecule has 29 heavy (non-hydrogen) atoms. The van der Waals surface area contributed by atoms with Crippen molar-refractivity contribution in [1.29, 1.82) is 0 Å². The Balaban J connectivity index is 1.50. The molecule has 0 unspecified atom stereocenters.